The molecule has 6 heteroatoms. The third-order valence-corrected chi connectivity index (χ3v) is 3.20. The average molecular weight is 289 g/mol. The quantitative estimate of drug-likeness (QED) is 0.653. The van der Waals surface area contributed by atoms with Gasteiger partial charge >= 0.3 is 0 Å². The minimum absolute atomic E-state index is 0.0947. The first-order valence-corrected chi connectivity index (χ1v) is 6.68. The van der Waals surface area contributed by atoms with Crippen molar-refractivity contribution in [3.63, 3.8) is 0 Å². The maximum Gasteiger partial charge on any atom is 0.292 e. The Labute approximate surface area is 123 Å². The van der Waals surface area contributed by atoms with Crippen molar-refractivity contribution >= 4 is 11.4 Å². The van der Waals surface area contributed by atoms with E-state index in [2.05, 4.69) is 10.2 Å². The van der Waals surface area contributed by atoms with Gasteiger partial charge in [0.15, 0.2) is 0 Å². The van der Waals surface area contributed by atoms with E-state index in [1.807, 2.05) is 32.2 Å². The smallest absolute Gasteiger partial charge is 0.292 e. The number of hydrogen-bond acceptors (Lipinski definition) is 5. The van der Waals surface area contributed by atoms with Gasteiger partial charge in [-0.25, -0.2) is 0 Å². The zero-order valence-corrected chi connectivity index (χ0v) is 12.4. The van der Waals surface area contributed by atoms with Crippen molar-refractivity contribution in [2.45, 2.75) is 20.0 Å². The van der Waals surface area contributed by atoms with E-state index in [0.717, 1.165) is 17.1 Å². The van der Waals surface area contributed by atoms with Crippen LogP contribution in [0.15, 0.2) is 34.7 Å². The van der Waals surface area contributed by atoms with Crippen molar-refractivity contribution in [3.05, 3.63) is 57.5 Å². The number of furan rings is 1. The monoisotopic (exact) mass is 289 g/mol. The molecule has 0 amide bonds. The van der Waals surface area contributed by atoms with Crippen LogP contribution in [0, 0.1) is 17.0 Å². The summed E-state index contributed by atoms with van der Waals surface area (Å²) in [6.45, 7) is 3.18. The molecule has 0 fully saturated rings. The molecule has 6 nitrogen and oxygen atoms in total. The number of aryl methyl sites for hydroxylation is 1. The van der Waals surface area contributed by atoms with Gasteiger partial charge in [0, 0.05) is 19.7 Å². The summed E-state index contributed by atoms with van der Waals surface area (Å²) in [5.74, 6) is 1.77. The van der Waals surface area contributed by atoms with Gasteiger partial charge in [0.1, 0.15) is 17.2 Å². The lowest BCUT2D eigenvalue weighted by Crippen LogP contribution is -2.17. The largest absolute Gasteiger partial charge is 0.465 e. The van der Waals surface area contributed by atoms with Crippen LogP contribution in [0.25, 0.3) is 0 Å². The summed E-state index contributed by atoms with van der Waals surface area (Å²) >= 11 is 0. The Morgan fingerprint density at radius 3 is 2.62 bits per heavy atom. The van der Waals surface area contributed by atoms with E-state index in [-0.39, 0.29) is 10.6 Å². The topological polar surface area (TPSA) is 71.5 Å². The third kappa shape index (κ3) is 3.82. The molecule has 1 heterocycles. The zero-order valence-electron chi connectivity index (χ0n) is 12.4. The van der Waals surface area contributed by atoms with Gasteiger partial charge in [0.2, 0.25) is 0 Å². The molecule has 112 valence electrons. The molecule has 0 aliphatic heterocycles. The van der Waals surface area contributed by atoms with Crippen molar-refractivity contribution in [1.82, 2.24) is 4.90 Å². The van der Waals surface area contributed by atoms with Crippen LogP contribution in [0.3, 0.4) is 0 Å². The summed E-state index contributed by atoms with van der Waals surface area (Å²) in [5, 5.41) is 13.9. The molecule has 0 radical (unpaired) electrons. The van der Waals surface area contributed by atoms with E-state index in [0.29, 0.717) is 18.8 Å². The lowest BCUT2D eigenvalue weighted by Gasteiger charge is -2.15. The van der Waals surface area contributed by atoms with Crippen molar-refractivity contribution in [1.29, 1.82) is 0 Å². The highest BCUT2D eigenvalue weighted by atomic mass is 16.6. The van der Waals surface area contributed by atoms with Crippen LogP contribution in [0.5, 0.6) is 0 Å². The second kappa shape index (κ2) is 6.41. The molecule has 1 aromatic carbocycles. The molecule has 2 rings (SSSR count). The number of hydrogen-bond donors (Lipinski definition) is 1. The molecule has 0 saturated carbocycles. The number of nitro benzene ring substituents is 1. The van der Waals surface area contributed by atoms with E-state index < -0.39 is 0 Å². The number of benzene rings is 1. The van der Waals surface area contributed by atoms with Crippen LogP contribution in [0.4, 0.5) is 11.4 Å². The molecule has 0 aliphatic rings. The lowest BCUT2D eigenvalue weighted by molar-refractivity contribution is -0.384. The highest BCUT2D eigenvalue weighted by Gasteiger charge is 2.14. The number of nitrogens with one attached hydrogen (secondary N) is 1. The highest BCUT2D eigenvalue weighted by molar-refractivity contribution is 5.62. The van der Waals surface area contributed by atoms with Crippen LogP contribution in [0.2, 0.25) is 0 Å². The first-order chi connectivity index (χ1) is 9.99. The van der Waals surface area contributed by atoms with Gasteiger partial charge < -0.3 is 9.73 Å². The van der Waals surface area contributed by atoms with Crippen molar-refractivity contribution in [2.24, 2.45) is 0 Å². The first-order valence-electron chi connectivity index (χ1n) is 6.68. The van der Waals surface area contributed by atoms with Gasteiger partial charge in [-0.2, -0.15) is 0 Å². The van der Waals surface area contributed by atoms with Gasteiger partial charge in [0.05, 0.1) is 11.5 Å². The molecule has 1 aromatic heterocycles. The molecule has 2 aromatic rings. The van der Waals surface area contributed by atoms with Crippen molar-refractivity contribution in [2.75, 3.05) is 19.4 Å². The first kappa shape index (κ1) is 15.1. The molecule has 0 atom stereocenters. The molecule has 0 aliphatic carbocycles. The average Bonchev–Trinajstić information content (AvgIpc) is 2.83. The third-order valence-electron chi connectivity index (χ3n) is 3.20. The van der Waals surface area contributed by atoms with Gasteiger partial charge in [-0.3, -0.25) is 15.0 Å². The SMILES string of the molecule is CNc1ccc(CN(C)Cc2ccc(C)o2)cc1[N+](=O)[O-]. The summed E-state index contributed by atoms with van der Waals surface area (Å²) in [7, 11) is 3.63. The molecular formula is C15H19N3O3. The Bertz CT molecular complexity index is 637. The Morgan fingerprint density at radius 2 is 2.05 bits per heavy atom. The number of rotatable bonds is 6. The fraction of sp³-hybridized carbons (Fsp3) is 0.333. The maximum absolute atomic E-state index is 11.0. The molecule has 21 heavy (non-hydrogen) atoms. The molecule has 1 N–H and O–H groups in total. The summed E-state index contributed by atoms with van der Waals surface area (Å²) in [6.07, 6.45) is 0. The lowest BCUT2D eigenvalue weighted by atomic mass is 10.1. The van der Waals surface area contributed by atoms with E-state index in [9.17, 15) is 10.1 Å². The predicted octanol–water partition coefficient (Wildman–Crippen LogP) is 3.17. The molecule has 0 spiro atoms. The Morgan fingerprint density at radius 1 is 1.29 bits per heavy atom. The molecular weight excluding hydrogens is 270 g/mol. The Balaban J connectivity index is 2.08. The Hall–Kier alpha value is -2.34. The highest BCUT2D eigenvalue weighted by Crippen LogP contribution is 2.25. The number of nitro groups is 1. The van der Waals surface area contributed by atoms with Crippen LogP contribution in [-0.2, 0) is 13.1 Å². The predicted molar refractivity (Wildman–Crippen MR) is 81.3 cm³/mol. The van der Waals surface area contributed by atoms with Crippen LogP contribution in [-0.4, -0.2) is 23.9 Å². The van der Waals surface area contributed by atoms with E-state index in [1.54, 1.807) is 19.2 Å². The summed E-state index contributed by atoms with van der Waals surface area (Å²) < 4.78 is 5.53. The second-order valence-corrected chi connectivity index (χ2v) is 5.04. The maximum atomic E-state index is 11.0. The molecule has 0 bridgehead atoms. The van der Waals surface area contributed by atoms with Gasteiger partial charge in [-0.1, -0.05) is 6.07 Å². The van der Waals surface area contributed by atoms with Crippen LogP contribution >= 0.6 is 0 Å². The summed E-state index contributed by atoms with van der Waals surface area (Å²) in [5.41, 5.74) is 1.51. The summed E-state index contributed by atoms with van der Waals surface area (Å²) in [4.78, 5) is 12.7. The van der Waals surface area contributed by atoms with Gasteiger partial charge in [0.25, 0.3) is 5.69 Å². The second-order valence-electron chi connectivity index (χ2n) is 5.04. The van der Waals surface area contributed by atoms with E-state index >= 15 is 0 Å². The van der Waals surface area contributed by atoms with Gasteiger partial charge in [-0.05, 0) is 37.7 Å². The normalized spacial score (nSPS) is 10.9. The summed E-state index contributed by atoms with van der Waals surface area (Å²) in [6, 6.07) is 9.10. The fourth-order valence-electron chi connectivity index (χ4n) is 2.24. The Kier molecular flexibility index (Phi) is 4.59. The molecule has 0 saturated heterocycles. The minimum atomic E-state index is -0.370. The minimum Gasteiger partial charge on any atom is -0.465 e. The van der Waals surface area contributed by atoms with Crippen molar-refractivity contribution < 1.29 is 9.34 Å². The zero-order chi connectivity index (χ0) is 15.4. The molecule has 0 unspecified atom stereocenters. The van der Waals surface area contributed by atoms with Crippen LogP contribution in [0.1, 0.15) is 17.1 Å². The fourth-order valence-corrected chi connectivity index (χ4v) is 2.24. The van der Waals surface area contributed by atoms with Crippen molar-refractivity contribution in [3.8, 4) is 0 Å². The van der Waals surface area contributed by atoms with Gasteiger partial charge in [-0.15, -0.1) is 0 Å². The standard InChI is InChI=1S/C15H19N3O3/c1-11-4-6-13(21-11)10-17(3)9-12-5-7-14(16-2)15(8-12)18(19)20/h4-8,16H,9-10H2,1-3H3. The number of nitrogens with zero attached hydrogens (tertiary/aromatic N) is 2. The number of anilines is 1. The van der Waals surface area contributed by atoms with Crippen LogP contribution < -0.4 is 5.32 Å². The van der Waals surface area contributed by atoms with E-state index in [1.165, 1.54) is 0 Å². The van der Waals surface area contributed by atoms with E-state index in [4.69, 9.17) is 4.42 Å².